The lowest BCUT2D eigenvalue weighted by Gasteiger charge is -2.27. The molecule has 0 radical (unpaired) electrons. The van der Waals surface area contributed by atoms with Gasteiger partial charge < -0.3 is 19.8 Å². The van der Waals surface area contributed by atoms with Crippen LogP contribution >= 0.6 is 15.9 Å². The van der Waals surface area contributed by atoms with Crippen LogP contribution in [0.3, 0.4) is 0 Å². The summed E-state index contributed by atoms with van der Waals surface area (Å²) in [6.45, 7) is 2.98. The summed E-state index contributed by atoms with van der Waals surface area (Å²) in [5, 5.41) is 20.6. The van der Waals surface area contributed by atoms with Gasteiger partial charge in [0.15, 0.2) is 5.60 Å². The number of benzene rings is 2. The molecule has 2 aliphatic rings. The summed E-state index contributed by atoms with van der Waals surface area (Å²) in [7, 11) is 0. The smallest absolute Gasteiger partial charge is 0.414 e. The van der Waals surface area contributed by atoms with Crippen molar-refractivity contribution in [1.29, 1.82) is 0 Å². The first-order valence-corrected chi connectivity index (χ1v) is 11.3. The molecule has 0 bridgehead atoms. The third kappa shape index (κ3) is 3.94. The lowest BCUT2D eigenvalue weighted by atomic mass is 9.83. The Morgan fingerprint density at radius 2 is 1.97 bits per heavy atom. The normalized spacial score (nSPS) is 21.4. The molecule has 1 fully saturated rings. The second kappa shape index (κ2) is 9.05. The standard InChI is InChI=1S/C24H25BrN2O5/c1-16(4-2-3-12-28)24(31)20-14-18(25)7-10-21(20)27(22(24)29)15-17-5-8-19(9-6-17)26-11-13-32-23(26)30/h2,4-10,14,16,28,31H,3,11-13,15H2,1H3/b4-2+/t16-,24+/m1/s1. The van der Waals surface area contributed by atoms with Gasteiger partial charge in [0.25, 0.3) is 5.91 Å². The minimum atomic E-state index is -1.70. The molecular weight excluding hydrogens is 476 g/mol. The molecule has 2 aromatic carbocycles. The average molecular weight is 501 g/mol. The number of rotatable bonds is 7. The summed E-state index contributed by atoms with van der Waals surface area (Å²) in [6.07, 6.45) is 3.64. The number of nitrogens with zero attached hydrogens (tertiary/aromatic N) is 2. The number of ether oxygens (including phenoxy) is 1. The van der Waals surface area contributed by atoms with Gasteiger partial charge in [-0.05, 0) is 42.3 Å². The van der Waals surface area contributed by atoms with Crippen molar-refractivity contribution in [3.63, 3.8) is 0 Å². The fourth-order valence-corrected chi connectivity index (χ4v) is 4.54. The number of halogens is 1. The molecule has 2 atom stereocenters. The topological polar surface area (TPSA) is 90.3 Å². The van der Waals surface area contributed by atoms with E-state index in [-0.39, 0.29) is 25.2 Å². The Labute approximate surface area is 195 Å². The predicted molar refractivity (Wildman–Crippen MR) is 124 cm³/mol. The van der Waals surface area contributed by atoms with Crippen molar-refractivity contribution < 1.29 is 24.5 Å². The summed E-state index contributed by atoms with van der Waals surface area (Å²) in [5.74, 6) is -0.873. The minimum absolute atomic E-state index is 0.00893. The maximum Gasteiger partial charge on any atom is 0.414 e. The van der Waals surface area contributed by atoms with Gasteiger partial charge in [0.05, 0.1) is 18.8 Å². The number of carbonyl (C=O) groups is 2. The van der Waals surface area contributed by atoms with Crippen molar-refractivity contribution in [2.24, 2.45) is 5.92 Å². The van der Waals surface area contributed by atoms with E-state index in [4.69, 9.17) is 9.84 Å². The summed E-state index contributed by atoms with van der Waals surface area (Å²) in [6, 6.07) is 12.9. The van der Waals surface area contributed by atoms with Crippen LogP contribution in [0.5, 0.6) is 0 Å². The molecule has 4 rings (SSSR count). The molecule has 0 saturated carbocycles. The van der Waals surface area contributed by atoms with Gasteiger partial charge in [0.1, 0.15) is 6.61 Å². The van der Waals surface area contributed by atoms with Gasteiger partial charge >= 0.3 is 6.09 Å². The first kappa shape index (κ1) is 22.5. The maximum absolute atomic E-state index is 13.5. The highest BCUT2D eigenvalue weighted by molar-refractivity contribution is 9.10. The average Bonchev–Trinajstić information content (AvgIpc) is 3.30. The number of hydrogen-bond acceptors (Lipinski definition) is 5. The summed E-state index contributed by atoms with van der Waals surface area (Å²) < 4.78 is 5.76. The van der Waals surface area contributed by atoms with Gasteiger partial charge in [0.2, 0.25) is 0 Å². The van der Waals surface area contributed by atoms with Gasteiger partial charge in [0, 0.05) is 28.2 Å². The molecule has 0 aromatic heterocycles. The molecule has 2 aromatic rings. The molecule has 2 aliphatic heterocycles. The number of carbonyl (C=O) groups excluding carboxylic acids is 2. The zero-order valence-electron chi connectivity index (χ0n) is 17.7. The minimum Gasteiger partial charge on any atom is -0.447 e. The van der Waals surface area contributed by atoms with Crippen LogP contribution in [0.1, 0.15) is 24.5 Å². The van der Waals surface area contributed by atoms with Crippen LogP contribution in [0.15, 0.2) is 59.1 Å². The van der Waals surface area contributed by atoms with E-state index in [0.717, 1.165) is 15.7 Å². The molecule has 32 heavy (non-hydrogen) atoms. The number of aliphatic hydroxyl groups is 2. The quantitative estimate of drug-likeness (QED) is 0.565. The van der Waals surface area contributed by atoms with Crippen LogP contribution in [-0.2, 0) is 21.7 Å². The molecule has 2 N–H and O–H groups in total. The number of fused-ring (bicyclic) bond motifs is 1. The van der Waals surface area contributed by atoms with Gasteiger partial charge in [-0.3, -0.25) is 9.69 Å². The van der Waals surface area contributed by atoms with Crippen molar-refractivity contribution in [2.45, 2.75) is 25.5 Å². The van der Waals surface area contributed by atoms with E-state index >= 15 is 0 Å². The highest BCUT2D eigenvalue weighted by Crippen LogP contribution is 2.46. The first-order chi connectivity index (χ1) is 15.4. The molecule has 2 heterocycles. The molecule has 0 spiro atoms. The Hall–Kier alpha value is -2.68. The van der Waals surface area contributed by atoms with Crippen molar-refractivity contribution in [3.05, 3.63) is 70.2 Å². The number of amides is 2. The third-order valence-corrected chi connectivity index (χ3v) is 6.45. The Balaban J connectivity index is 1.62. The van der Waals surface area contributed by atoms with Crippen molar-refractivity contribution in [3.8, 4) is 0 Å². The number of cyclic esters (lactones) is 1. The van der Waals surface area contributed by atoms with E-state index < -0.39 is 11.5 Å². The fraction of sp³-hybridized carbons (Fsp3) is 0.333. The van der Waals surface area contributed by atoms with Crippen molar-refractivity contribution in [1.82, 2.24) is 0 Å². The van der Waals surface area contributed by atoms with E-state index in [2.05, 4.69) is 15.9 Å². The Kier molecular flexibility index (Phi) is 6.37. The number of aliphatic hydroxyl groups excluding tert-OH is 1. The zero-order valence-corrected chi connectivity index (χ0v) is 19.3. The molecular formula is C24H25BrN2O5. The molecule has 0 aliphatic carbocycles. The molecule has 168 valence electrons. The van der Waals surface area contributed by atoms with Crippen LogP contribution in [0, 0.1) is 5.92 Å². The fourth-order valence-electron chi connectivity index (χ4n) is 4.18. The van der Waals surface area contributed by atoms with Gasteiger partial charge in [-0.25, -0.2) is 4.79 Å². The molecule has 1 saturated heterocycles. The zero-order chi connectivity index (χ0) is 22.9. The number of anilines is 2. The van der Waals surface area contributed by atoms with Crippen LogP contribution in [-0.4, -0.2) is 42.0 Å². The monoisotopic (exact) mass is 500 g/mol. The Morgan fingerprint density at radius 3 is 2.62 bits per heavy atom. The predicted octanol–water partition coefficient (Wildman–Crippen LogP) is 3.71. The van der Waals surface area contributed by atoms with Crippen molar-refractivity contribution >= 4 is 39.3 Å². The molecule has 2 amide bonds. The van der Waals surface area contributed by atoms with E-state index in [1.54, 1.807) is 34.9 Å². The third-order valence-electron chi connectivity index (χ3n) is 5.96. The van der Waals surface area contributed by atoms with Gasteiger partial charge in [-0.2, -0.15) is 0 Å². The van der Waals surface area contributed by atoms with Crippen molar-refractivity contribution in [2.75, 3.05) is 29.6 Å². The van der Waals surface area contributed by atoms with E-state index in [1.807, 2.05) is 36.4 Å². The lowest BCUT2D eigenvalue weighted by molar-refractivity contribution is -0.139. The van der Waals surface area contributed by atoms with E-state index in [1.165, 1.54) is 0 Å². The Bertz CT molecular complexity index is 1050. The SMILES string of the molecule is C[C@H](/C=C/CCO)[C@@]1(O)C(=O)N(Cc2ccc(N3CCOC3=O)cc2)c2ccc(Br)cc21. The van der Waals surface area contributed by atoms with E-state index in [9.17, 15) is 14.7 Å². The summed E-state index contributed by atoms with van der Waals surface area (Å²) in [5.41, 5.74) is 1.12. The van der Waals surface area contributed by atoms with E-state index in [0.29, 0.717) is 30.8 Å². The highest BCUT2D eigenvalue weighted by atomic mass is 79.9. The second-order valence-electron chi connectivity index (χ2n) is 7.98. The number of hydrogen-bond donors (Lipinski definition) is 2. The maximum atomic E-state index is 13.5. The van der Waals surface area contributed by atoms with Crippen LogP contribution in [0.4, 0.5) is 16.2 Å². The van der Waals surface area contributed by atoms with Gasteiger partial charge in [-0.1, -0.05) is 47.1 Å². The largest absolute Gasteiger partial charge is 0.447 e. The van der Waals surface area contributed by atoms with Crippen LogP contribution < -0.4 is 9.80 Å². The first-order valence-electron chi connectivity index (χ1n) is 10.5. The Morgan fingerprint density at radius 1 is 1.22 bits per heavy atom. The summed E-state index contributed by atoms with van der Waals surface area (Å²) in [4.78, 5) is 28.4. The second-order valence-corrected chi connectivity index (χ2v) is 8.90. The highest BCUT2D eigenvalue weighted by Gasteiger charge is 2.52. The summed E-state index contributed by atoms with van der Waals surface area (Å²) >= 11 is 3.45. The molecule has 0 unspecified atom stereocenters. The molecule has 7 nitrogen and oxygen atoms in total. The van der Waals surface area contributed by atoms with Crippen LogP contribution in [0.2, 0.25) is 0 Å². The van der Waals surface area contributed by atoms with Crippen LogP contribution in [0.25, 0.3) is 0 Å². The molecule has 8 heteroatoms. The van der Waals surface area contributed by atoms with Gasteiger partial charge in [-0.15, -0.1) is 0 Å². The lowest BCUT2D eigenvalue weighted by Crippen LogP contribution is -2.44.